The van der Waals surface area contributed by atoms with Gasteiger partial charge in [-0.05, 0) is 48.7 Å². The van der Waals surface area contributed by atoms with E-state index in [4.69, 9.17) is 21.3 Å². The molecule has 1 fully saturated rings. The normalized spacial score (nSPS) is 13.7. The standard InChI is InChI=1S/C22H21ClFN5O2S/c1-32-18-19(23)27-20(28-21(18)29-9-11-31-12-10-29)14-5-7-16(8-6-14)25-22(30)26-17-4-2-3-15(24)13-17/h2-8,13H,9-12H2,1H3,(H2,25,26,30). The van der Waals surface area contributed by atoms with Gasteiger partial charge in [-0.25, -0.2) is 19.2 Å². The Bertz CT molecular complexity index is 1110. The second kappa shape index (κ2) is 10.2. The third kappa shape index (κ3) is 5.29. The number of halogens is 2. The van der Waals surface area contributed by atoms with Crippen molar-refractivity contribution < 1.29 is 13.9 Å². The zero-order chi connectivity index (χ0) is 22.5. The number of carbonyl (C=O) groups excluding carboxylic acids is 1. The predicted molar refractivity (Wildman–Crippen MR) is 126 cm³/mol. The summed E-state index contributed by atoms with van der Waals surface area (Å²) in [6.45, 7) is 2.76. The number of morpholine rings is 1. The summed E-state index contributed by atoms with van der Waals surface area (Å²) in [5.41, 5.74) is 1.71. The van der Waals surface area contributed by atoms with Crippen molar-refractivity contribution in [2.24, 2.45) is 0 Å². The third-order valence-electron chi connectivity index (χ3n) is 4.80. The molecule has 0 radical (unpaired) electrons. The highest BCUT2D eigenvalue weighted by molar-refractivity contribution is 7.98. The molecule has 32 heavy (non-hydrogen) atoms. The van der Waals surface area contributed by atoms with Crippen LogP contribution in [0.1, 0.15) is 0 Å². The van der Waals surface area contributed by atoms with Crippen LogP contribution in [0.2, 0.25) is 5.15 Å². The molecule has 0 saturated carbocycles. The lowest BCUT2D eigenvalue weighted by Gasteiger charge is -2.29. The molecule has 4 rings (SSSR count). The molecule has 2 amide bonds. The fourth-order valence-electron chi connectivity index (χ4n) is 3.27. The zero-order valence-corrected chi connectivity index (χ0v) is 18.8. The number of rotatable bonds is 5. The summed E-state index contributed by atoms with van der Waals surface area (Å²) in [5, 5.41) is 5.71. The minimum Gasteiger partial charge on any atom is -0.378 e. The van der Waals surface area contributed by atoms with E-state index in [2.05, 4.69) is 20.5 Å². The molecular weight excluding hydrogens is 453 g/mol. The molecule has 1 saturated heterocycles. The van der Waals surface area contributed by atoms with Crippen LogP contribution in [0.4, 0.5) is 26.4 Å². The van der Waals surface area contributed by atoms with Crippen molar-refractivity contribution in [1.29, 1.82) is 0 Å². The van der Waals surface area contributed by atoms with Gasteiger partial charge in [0.05, 0.1) is 18.1 Å². The zero-order valence-electron chi connectivity index (χ0n) is 17.3. The van der Waals surface area contributed by atoms with Crippen molar-refractivity contribution in [3.8, 4) is 11.4 Å². The molecule has 10 heteroatoms. The number of nitrogens with one attached hydrogen (secondary N) is 2. The molecule has 0 atom stereocenters. The summed E-state index contributed by atoms with van der Waals surface area (Å²) >= 11 is 7.98. The molecule has 0 unspecified atom stereocenters. The van der Waals surface area contributed by atoms with Crippen molar-refractivity contribution >= 4 is 46.6 Å². The monoisotopic (exact) mass is 473 g/mol. The van der Waals surface area contributed by atoms with Crippen molar-refractivity contribution in [3.05, 3.63) is 59.5 Å². The first-order chi connectivity index (χ1) is 15.5. The molecule has 3 aromatic rings. The van der Waals surface area contributed by atoms with Crippen molar-refractivity contribution in [3.63, 3.8) is 0 Å². The van der Waals surface area contributed by atoms with Crippen LogP contribution >= 0.6 is 23.4 Å². The van der Waals surface area contributed by atoms with Gasteiger partial charge >= 0.3 is 6.03 Å². The smallest absolute Gasteiger partial charge is 0.323 e. The molecule has 166 valence electrons. The number of aromatic nitrogens is 2. The SMILES string of the molecule is CSc1c(Cl)nc(-c2ccc(NC(=O)Nc3cccc(F)c3)cc2)nc1N1CCOCC1. The molecule has 1 aliphatic heterocycles. The van der Waals surface area contributed by atoms with E-state index in [9.17, 15) is 9.18 Å². The first-order valence-corrected chi connectivity index (χ1v) is 11.5. The molecular formula is C22H21ClFN5O2S. The average molecular weight is 474 g/mol. The van der Waals surface area contributed by atoms with E-state index < -0.39 is 11.8 Å². The number of hydrogen-bond donors (Lipinski definition) is 2. The summed E-state index contributed by atoms with van der Waals surface area (Å²) in [5.74, 6) is 0.882. The van der Waals surface area contributed by atoms with Crippen molar-refractivity contribution in [1.82, 2.24) is 9.97 Å². The first kappa shape index (κ1) is 22.3. The Morgan fingerprint density at radius 2 is 1.81 bits per heavy atom. The maximum Gasteiger partial charge on any atom is 0.323 e. The van der Waals surface area contributed by atoms with Gasteiger partial charge in [-0.3, -0.25) is 0 Å². The number of nitrogens with zero attached hydrogens (tertiary/aromatic N) is 3. The molecule has 2 aromatic carbocycles. The van der Waals surface area contributed by atoms with Crippen LogP contribution in [0.25, 0.3) is 11.4 Å². The quantitative estimate of drug-likeness (QED) is 0.394. The Balaban J connectivity index is 1.51. The summed E-state index contributed by atoms with van der Waals surface area (Å²) in [6, 6.07) is 12.3. The van der Waals surface area contributed by atoms with E-state index in [0.717, 1.165) is 29.4 Å². The van der Waals surface area contributed by atoms with Crippen LogP contribution in [0.5, 0.6) is 0 Å². The lowest BCUT2D eigenvalue weighted by molar-refractivity contribution is 0.122. The summed E-state index contributed by atoms with van der Waals surface area (Å²) < 4.78 is 18.7. The lowest BCUT2D eigenvalue weighted by Crippen LogP contribution is -2.37. The third-order valence-corrected chi connectivity index (χ3v) is 5.97. The molecule has 1 aromatic heterocycles. The summed E-state index contributed by atoms with van der Waals surface area (Å²) in [7, 11) is 0. The minimum absolute atomic E-state index is 0.367. The maximum atomic E-state index is 13.3. The predicted octanol–water partition coefficient (Wildman–Crippen LogP) is 5.14. The fourth-order valence-corrected chi connectivity index (χ4v) is 4.24. The topological polar surface area (TPSA) is 79.4 Å². The molecule has 0 aliphatic carbocycles. The number of benzene rings is 2. The van der Waals surface area contributed by atoms with Crippen LogP contribution < -0.4 is 15.5 Å². The maximum absolute atomic E-state index is 13.3. The van der Waals surface area contributed by atoms with E-state index >= 15 is 0 Å². The van der Waals surface area contributed by atoms with Gasteiger partial charge in [0.1, 0.15) is 16.8 Å². The van der Waals surface area contributed by atoms with E-state index in [1.165, 1.54) is 30.0 Å². The minimum atomic E-state index is -0.471. The van der Waals surface area contributed by atoms with Crippen LogP contribution in [0, 0.1) is 5.82 Å². The molecule has 0 bridgehead atoms. The molecule has 1 aliphatic rings. The second-order valence-corrected chi connectivity index (χ2v) is 8.14. The summed E-state index contributed by atoms with van der Waals surface area (Å²) in [4.78, 5) is 24.4. The Kier molecular flexibility index (Phi) is 7.09. The van der Waals surface area contributed by atoms with Crippen LogP contribution in [-0.4, -0.2) is 48.6 Å². The molecule has 0 spiro atoms. The van der Waals surface area contributed by atoms with Crippen LogP contribution in [0.15, 0.2) is 53.4 Å². The number of urea groups is 1. The molecule has 2 N–H and O–H groups in total. The van der Waals surface area contributed by atoms with Gasteiger partial charge in [0, 0.05) is 30.0 Å². The van der Waals surface area contributed by atoms with Gasteiger partial charge in [-0.15, -0.1) is 11.8 Å². The van der Waals surface area contributed by atoms with Crippen LogP contribution in [-0.2, 0) is 4.74 Å². The Morgan fingerprint density at radius 3 is 2.50 bits per heavy atom. The van der Waals surface area contributed by atoms with E-state index in [0.29, 0.717) is 35.6 Å². The van der Waals surface area contributed by atoms with Crippen molar-refractivity contribution in [2.75, 3.05) is 48.1 Å². The molecule has 7 nitrogen and oxygen atoms in total. The Morgan fingerprint density at radius 1 is 1.09 bits per heavy atom. The fraction of sp³-hybridized carbons (Fsp3) is 0.227. The summed E-state index contributed by atoms with van der Waals surface area (Å²) in [6.07, 6.45) is 1.95. The number of hydrogen-bond acceptors (Lipinski definition) is 6. The first-order valence-electron chi connectivity index (χ1n) is 9.92. The van der Waals surface area contributed by atoms with E-state index in [-0.39, 0.29) is 0 Å². The lowest BCUT2D eigenvalue weighted by atomic mass is 10.2. The largest absolute Gasteiger partial charge is 0.378 e. The number of thioether (sulfide) groups is 1. The highest BCUT2D eigenvalue weighted by Crippen LogP contribution is 2.35. The van der Waals surface area contributed by atoms with E-state index in [1.807, 2.05) is 18.4 Å². The van der Waals surface area contributed by atoms with Gasteiger partial charge in [-0.1, -0.05) is 17.7 Å². The van der Waals surface area contributed by atoms with Gasteiger partial charge in [0.2, 0.25) is 0 Å². The highest BCUT2D eigenvalue weighted by atomic mass is 35.5. The number of ether oxygens (including phenoxy) is 1. The van der Waals surface area contributed by atoms with Gasteiger partial charge in [0.15, 0.2) is 5.82 Å². The number of carbonyl (C=O) groups is 1. The second-order valence-electron chi connectivity index (χ2n) is 6.96. The van der Waals surface area contributed by atoms with Gasteiger partial charge in [0.25, 0.3) is 0 Å². The number of anilines is 3. The van der Waals surface area contributed by atoms with E-state index in [1.54, 1.807) is 18.2 Å². The van der Waals surface area contributed by atoms with Gasteiger partial charge < -0.3 is 20.3 Å². The van der Waals surface area contributed by atoms with Gasteiger partial charge in [-0.2, -0.15) is 0 Å². The van der Waals surface area contributed by atoms with Crippen LogP contribution in [0.3, 0.4) is 0 Å². The Hall–Kier alpha value is -2.88. The Labute approximate surface area is 194 Å². The molecule has 2 heterocycles. The van der Waals surface area contributed by atoms with Crippen molar-refractivity contribution in [2.45, 2.75) is 4.90 Å². The number of amides is 2. The average Bonchev–Trinajstić information content (AvgIpc) is 2.79. The highest BCUT2D eigenvalue weighted by Gasteiger charge is 2.21.